The molecule has 0 radical (unpaired) electrons. The Morgan fingerprint density at radius 3 is 2.71 bits per heavy atom. The van der Waals surface area contributed by atoms with Crippen molar-refractivity contribution >= 4 is 0 Å². The molecule has 78 valence electrons. The maximum Gasteiger partial charge on any atom is -0.0143 e. The largest absolute Gasteiger partial charge is 0.0847 e. The van der Waals surface area contributed by atoms with Crippen molar-refractivity contribution in [2.24, 2.45) is 22.7 Å². The Labute approximate surface area is 87.8 Å². The van der Waals surface area contributed by atoms with Crippen LogP contribution in [-0.2, 0) is 0 Å². The molecule has 0 aromatic rings. The maximum atomic E-state index is 2.58. The molecule has 0 amide bonds. The van der Waals surface area contributed by atoms with Crippen LogP contribution in [-0.4, -0.2) is 0 Å². The van der Waals surface area contributed by atoms with Gasteiger partial charge in [0.2, 0.25) is 0 Å². The van der Waals surface area contributed by atoms with Crippen molar-refractivity contribution in [3.63, 3.8) is 0 Å². The van der Waals surface area contributed by atoms with Crippen molar-refractivity contribution in [2.45, 2.75) is 52.9 Å². The Morgan fingerprint density at radius 1 is 1.14 bits per heavy atom. The van der Waals surface area contributed by atoms with Gasteiger partial charge in [0, 0.05) is 0 Å². The topological polar surface area (TPSA) is 0 Å². The van der Waals surface area contributed by atoms with E-state index in [-0.39, 0.29) is 0 Å². The van der Waals surface area contributed by atoms with Crippen LogP contribution in [0.25, 0.3) is 0 Å². The van der Waals surface area contributed by atoms with Crippen LogP contribution < -0.4 is 0 Å². The zero-order valence-corrected chi connectivity index (χ0v) is 9.77. The summed E-state index contributed by atoms with van der Waals surface area (Å²) in [6.07, 6.45) is 9.80. The van der Waals surface area contributed by atoms with Crippen LogP contribution in [0, 0.1) is 22.7 Å². The molecule has 0 spiro atoms. The lowest BCUT2D eigenvalue weighted by molar-refractivity contribution is 0.0928. The molecule has 2 saturated carbocycles. The van der Waals surface area contributed by atoms with E-state index in [1.807, 2.05) is 5.57 Å². The third kappa shape index (κ3) is 0.951. The van der Waals surface area contributed by atoms with Gasteiger partial charge in [-0.25, -0.2) is 0 Å². The Balaban J connectivity index is 2.05. The predicted molar refractivity (Wildman–Crippen MR) is 60.0 cm³/mol. The molecule has 0 nitrogen and oxygen atoms in total. The summed E-state index contributed by atoms with van der Waals surface area (Å²) in [5.74, 6) is 1.89. The van der Waals surface area contributed by atoms with Gasteiger partial charge in [0.1, 0.15) is 0 Å². The Hall–Kier alpha value is -0.260. The molecule has 3 aliphatic carbocycles. The van der Waals surface area contributed by atoms with Crippen LogP contribution in [0.4, 0.5) is 0 Å². The molecule has 3 aliphatic rings. The van der Waals surface area contributed by atoms with E-state index >= 15 is 0 Å². The van der Waals surface area contributed by atoms with E-state index in [0.717, 1.165) is 11.8 Å². The minimum absolute atomic E-state index is 0.588. The monoisotopic (exact) mass is 190 g/mol. The highest BCUT2D eigenvalue weighted by molar-refractivity contribution is 5.29. The molecule has 3 unspecified atom stereocenters. The first-order valence-corrected chi connectivity index (χ1v) is 6.23. The number of hydrogen-bond donors (Lipinski definition) is 0. The van der Waals surface area contributed by atoms with Gasteiger partial charge in [0.25, 0.3) is 0 Å². The summed E-state index contributed by atoms with van der Waals surface area (Å²) in [6.45, 7) is 7.52. The van der Waals surface area contributed by atoms with Gasteiger partial charge in [0.05, 0.1) is 0 Å². The molecule has 0 saturated heterocycles. The first-order valence-electron chi connectivity index (χ1n) is 6.23. The van der Waals surface area contributed by atoms with Gasteiger partial charge >= 0.3 is 0 Å². The van der Waals surface area contributed by atoms with Crippen LogP contribution in [0.15, 0.2) is 11.6 Å². The summed E-state index contributed by atoms with van der Waals surface area (Å²) in [6, 6.07) is 0. The Morgan fingerprint density at radius 2 is 1.93 bits per heavy atom. The number of hydrogen-bond acceptors (Lipinski definition) is 0. The molecule has 0 aromatic carbocycles. The minimum Gasteiger partial charge on any atom is -0.0847 e. The molecule has 3 atom stereocenters. The second-order valence-corrected chi connectivity index (χ2v) is 6.73. The van der Waals surface area contributed by atoms with E-state index in [2.05, 4.69) is 26.8 Å². The van der Waals surface area contributed by atoms with Gasteiger partial charge in [-0.3, -0.25) is 0 Å². The van der Waals surface area contributed by atoms with Crippen molar-refractivity contribution in [3.05, 3.63) is 11.6 Å². The van der Waals surface area contributed by atoms with Gasteiger partial charge in [-0.1, -0.05) is 32.4 Å². The van der Waals surface area contributed by atoms with Crippen LogP contribution >= 0.6 is 0 Å². The highest BCUT2D eigenvalue weighted by Gasteiger charge is 2.55. The highest BCUT2D eigenvalue weighted by Crippen LogP contribution is 2.65. The van der Waals surface area contributed by atoms with Gasteiger partial charge in [-0.15, -0.1) is 0 Å². The number of allylic oxidation sites excluding steroid dienone is 2. The zero-order valence-electron chi connectivity index (χ0n) is 9.77. The second-order valence-electron chi connectivity index (χ2n) is 6.73. The van der Waals surface area contributed by atoms with Crippen molar-refractivity contribution in [1.29, 1.82) is 0 Å². The summed E-state index contributed by atoms with van der Waals surface area (Å²) in [5, 5.41) is 0. The first kappa shape index (κ1) is 9.00. The lowest BCUT2D eigenvalue weighted by Crippen LogP contribution is -2.31. The number of rotatable bonds is 0. The summed E-state index contributed by atoms with van der Waals surface area (Å²) in [7, 11) is 0. The standard InChI is InChI=1S/C14H22/c1-13(2)7-8-14(3)9-12(13)10-5-4-6-11(10)14/h5,11-12H,4,6-9H2,1-3H3. The molecule has 0 heterocycles. The molecule has 3 rings (SSSR count). The van der Waals surface area contributed by atoms with E-state index in [9.17, 15) is 0 Å². The average molecular weight is 190 g/mol. The van der Waals surface area contributed by atoms with Crippen LogP contribution in [0.3, 0.4) is 0 Å². The van der Waals surface area contributed by atoms with Crippen molar-refractivity contribution < 1.29 is 0 Å². The first-order chi connectivity index (χ1) is 6.53. The fraction of sp³-hybridized carbons (Fsp3) is 0.857. The lowest BCUT2D eigenvalue weighted by atomic mass is 9.63. The Kier molecular flexibility index (Phi) is 1.58. The van der Waals surface area contributed by atoms with Gasteiger partial charge in [0.15, 0.2) is 0 Å². The van der Waals surface area contributed by atoms with Crippen LogP contribution in [0.5, 0.6) is 0 Å². The average Bonchev–Trinajstić information content (AvgIpc) is 2.64. The molecule has 2 bridgehead atoms. The molecule has 0 heteroatoms. The van der Waals surface area contributed by atoms with Crippen molar-refractivity contribution in [1.82, 2.24) is 0 Å². The fourth-order valence-corrected chi connectivity index (χ4v) is 4.37. The summed E-state index contributed by atoms with van der Waals surface area (Å²) in [4.78, 5) is 0. The summed E-state index contributed by atoms with van der Waals surface area (Å²) >= 11 is 0. The lowest BCUT2D eigenvalue weighted by Gasteiger charge is -2.41. The molecular weight excluding hydrogens is 168 g/mol. The fourth-order valence-electron chi connectivity index (χ4n) is 4.37. The number of fused-ring (bicyclic) bond motifs is 5. The van der Waals surface area contributed by atoms with Gasteiger partial charge in [-0.05, 0) is 54.8 Å². The smallest absolute Gasteiger partial charge is 0.0143 e. The summed E-state index contributed by atoms with van der Waals surface area (Å²) < 4.78 is 0. The normalized spacial score (nSPS) is 48.9. The van der Waals surface area contributed by atoms with Gasteiger partial charge < -0.3 is 0 Å². The molecule has 2 fully saturated rings. The molecule has 0 aliphatic heterocycles. The SMILES string of the molecule is CC1(C)CCC2(C)CC1C1=CCCC12. The van der Waals surface area contributed by atoms with E-state index in [1.54, 1.807) is 0 Å². The zero-order chi connectivity index (χ0) is 9.97. The predicted octanol–water partition coefficient (Wildman–Crippen LogP) is 4.17. The quantitative estimate of drug-likeness (QED) is 0.503. The third-order valence-electron chi connectivity index (χ3n) is 5.44. The van der Waals surface area contributed by atoms with E-state index in [0.29, 0.717) is 10.8 Å². The molecule has 14 heavy (non-hydrogen) atoms. The molecular formula is C14H22. The van der Waals surface area contributed by atoms with Crippen LogP contribution in [0.1, 0.15) is 52.9 Å². The van der Waals surface area contributed by atoms with Crippen molar-refractivity contribution in [3.8, 4) is 0 Å². The van der Waals surface area contributed by atoms with Crippen molar-refractivity contribution in [2.75, 3.05) is 0 Å². The van der Waals surface area contributed by atoms with Gasteiger partial charge in [-0.2, -0.15) is 0 Å². The van der Waals surface area contributed by atoms with E-state index in [1.165, 1.54) is 32.1 Å². The minimum atomic E-state index is 0.588. The van der Waals surface area contributed by atoms with E-state index in [4.69, 9.17) is 0 Å². The molecule has 0 aromatic heterocycles. The Bertz CT molecular complexity index is 297. The second kappa shape index (κ2) is 2.46. The third-order valence-corrected chi connectivity index (χ3v) is 5.44. The maximum absolute atomic E-state index is 2.58. The van der Waals surface area contributed by atoms with E-state index < -0.39 is 0 Å². The highest BCUT2D eigenvalue weighted by atomic mass is 14.6. The summed E-state index contributed by atoms with van der Waals surface area (Å²) in [5.41, 5.74) is 3.13. The molecule has 0 N–H and O–H groups in total. The van der Waals surface area contributed by atoms with Crippen LogP contribution in [0.2, 0.25) is 0 Å².